The summed E-state index contributed by atoms with van der Waals surface area (Å²) < 4.78 is 51.4. The Kier molecular flexibility index (Phi) is 8.42. The normalized spacial score (nSPS) is 16.0. The molecular formula is C21H24F3N7O3. The van der Waals surface area contributed by atoms with Crippen molar-refractivity contribution in [1.29, 1.82) is 5.26 Å². The van der Waals surface area contributed by atoms with E-state index in [1.807, 2.05) is 13.0 Å². The van der Waals surface area contributed by atoms with E-state index in [1.165, 1.54) is 23.4 Å². The monoisotopic (exact) mass is 479 g/mol. The first-order chi connectivity index (χ1) is 16.3. The number of nitrogens with zero attached hydrogens (tertiary/aromatic N) is 5. The number of nitrogens with one attached hydrogen (secondary N) is 2. The van der Waals surface area contributed by atoms with E-state index in [1.54, 1.807) is 0 Å². The van der Waals surface area contributed by atoms with Gasteiger partial charge in [0, 0.05) is 25.4 Å². The van der Waals surface area contributed by atoms with Gasteiger partial charge in [-0.3, -0.25) is 0 Å². The van der Waals surface area contributed by atoms with Crippen LogP contribution in [0.4, 0.5) is 35.3 Å². The number of aromatic nitrogens is 3. The van der Waals surface area contributed by atoms with Crippen LogP contribution in [0.5, 0.6) is 0 Å². The minimum absolute atomic E-state index is 0.0297. The van der Waals surface area contributed by atoms with Crippen molar-refractivity contribution >= 4 is 23.4 Å². The number of ether oxygens (including phenoxy) is 2. The molecule has 3 rings (SSSR count). The van der Waals surface area contributed by atoms with Gasteiger partial charge in [-0.05, 0) is 6.42 Å². The first-order valence-corrected chi connectivity index (χ1v) is 10.6. The zero-order valence-corrected chi connectivity index (χ0v) is 18.4. The molecule has 2 N–H and O–H groups in total. The van der Waals surface area contributed by atoms with Gasteiger partial charge in [-0.25, -0.2) is 19.7 Å². The molecule has 13 heteroatoms. The Morgan fingerprint density at radius 1 is 1.29 bits per heavy atom. The summed E-state index contributed by atoms with van der Waals surface area (Å²) in [4.78, 5) is 25.3. The van der Waals surface area contributed by atoms with E-state index in [4.69, 9.17) is 14.7 Å². The summed E-state index contributed by atoms with van der Waals surface area (Å²) in [5, 5.41) is 14.3. The number of anilines is 3. The smallest absolute Gasteiger partial charge is 0.419 e. The zero-order chi connectivity index (χ0) is 24.6. The zero-order valence-electron chi connectivity index (χ0n) is 18.4. The van der Waals surface area contributed by atoms with Crippen molar-refractivity contribution in [2.45, 2.75) is 32.0 Å². The second kappa shape index (κ2) is 11.5. The van der Waals surface area contributed by atoms with Crippen LogP contribution in [-0.2, 0) is 15.7 Å². The number of morpholine rings is 1. The van der Waals surface area contributed by atoms with Gasteiger partial charge in [0.2, 0.25) is 0 Å². The molecule has 1 aliphatic heterocycles. The van der Waals surface area contributed by atoms with Crippen LogP contribution in [0.25, 0.3) is 0 Å². The lowest BCUT2D eigenvalue weighted by molar-refractivity contribution is -0.137. The van der Waals surface area contributed by atoms with Crippen molar-refractivity contribution in [2.75, 3.05) is 43.5 Å². The Hall–Kier alpha value is -3.66. The van der Waals surface area contributed by atoms with E-state index in [2.05, 4.69) is 25.6 Å². The summed E-state index contributed by atoms with van der Waals surface area (Å²) in [6.45, 7) is 3.13. The maximum atomic E-state index is 13.5. The molecule has 2 aromatic heterocycles. The number of halogens is 3. The topological polar surface area (TPSA) is 125 Å². The van der Waals surface area contributed by atoms with Gasteiger partial charge in [-0.2, -0.15) is 18.4 Å². The third-order valence-corrected chi connectivity index (χ3v) is 4.87. The van der Waals surface area contributed by atoms with Crippen molar-refractivity contribution in [3.8, 4) is 6.07 Å². The van der Waals surface area contributed by atoms with Crippen molar-refractivity contribution in [2.24, 2.45) is 0 Å². The molecule has 182 valence electrons. The van der Waals surface area contributed by atoms with Gasteiger partial charge in [0.1, 0.15) is 17.7 Å². The van der Waals surface area contributed by atoms with Crippen molar-refractivity contribution in [1.82, 2.24) is 19.9 Å². The summed E-state index contributed by atoms with van der Waals surface area (Å²) in [5.41, 5.74) is -1.06. The molecule has 3 heterocycles. The van der Waals surface area contributed by atoms with Crippen LogP contribution in [0.3, 0.4) is 0 Å². The molecule has 1 fully saturated rings. The number of carbonyl (C=O) groups is 1. The number of amides is 1. The summed E-state index contributed by atoms with van der Waals surface area (Å²) in [6, 6.07) is 3.02. The largest absolute Gasteiger partial charge is 0.449 e. The maximum Gasteiger partial charge on any atom is 0.419 e. The highest BCUT2D eigenvalue weighted by molar-refractivity contribution is 5.67. The average molecular weight is 479 g/mol. The molecule has 1 aliphatic rings. The van der Waals surface area contributed by atoms with Crippen LogP contribution in [0.15, 0.2) is 24.7 Å². The Morgan fingerprint density at radius 2 is 2.09 bits per heavy atom. The van der Waals surface area contributed by atoms with E-state index >= 15 is 0 Å². The highest BCUT2D eigenvalue weighted by Crippen LogP contribution is 2.35. The third-order valence-electron chi connectivity index (χ3n) is 4.87. The minimum atomic E-state index is -4.63. The van der Waals surface area contributed by atoms with Crippen LogP contribution in [0.1, 0.15) is 31.0 Å². The predicted molar refractivity (Wildman–Crippen MR) is 115 cm³/mol. The van der Waals surface area contributed by atoms with Crippen LogP contribution in [-0.4, -0.2) is 64.9 Å². The highest BCUT2D eigenvalue weighted by atomic mass is 19.4. The number of hydrogen-bond acceptors (Lipinski definition) is 9. The van der Waals surface area contributed by atoms with Gasteiger partial charge in [-0.15, -0.1) is 0 Å². The van der Waals surface area contributed by atoms with Crippen LogP contribution < -0.4 is 10.6 Å². The summed E-state index contributed by atoms with van der Waals surface area (Å²) in [6.07, 6.45) is -0.760. The molecule has 34 heavy (non-hydrogen) atoms. The Labute approximate surface area is 194 Å². The van der Waals surface area contributed by atoms with E-state index in [-0.39, 0.29) is 42.7 Å². The lowest BCUT2D eigenvalue weighted by atomic mass is 10.2. The summed E-state index contributed by atoms with van der Waals surface area (Å²) in [5.74, 6) is 0.310. The molecule has 0 saturated carbocycles. The van der Waals surface area contributed by atoms with Crippen LogP contribution >= 0.6 is 0 Å². The minimum Gasteiger partial charge on any atom is -0.449 e. The first kappa shape index (κ1) is 25.0. The lowest BCUT2D eigenvalue weighted by Crippen LogP contribution is -2.48. The highest BCUT2D eigenvalue weighted by Gasteiger charge is 2.35. The maximum absolute atomic E-state index is 13.5. The molecule has 10 nitrogen and oxygen atoms in total. The second-order valence-corrected chi connectivity index (χ2v) is 7.42. The summed E-state index contributed by atoms with van der Waals surface area (Å²) in [7, 11) is 0. The van der Waals surface area contributed by atoms with Gasteiger partial charge < -0.3 is 25.0 Å². The molecule has 2 aromatic rings. The molecule has 0 aliphatic carbocycles. The van der Waals surface area contributed by atoms with Crippen molar-refractivity contribution in [3.63, 3.8) is 0 Å². The number of pyridine rings is 1. The average Bonchev–Trinajstić information content (AvgIpc) is 2.83. The second-order valence-electron chi connectivity index (χ2n) is 7.42. The van der Waals surface area contributed by atoms with Gasteiger partial charge in [0.15, 0.2) is 5.69 Å². The standard InChI is InChI=1S/C21H24F3N7O3/c1-2-3-5-34-20(32)31-4-6-33-15(13-31)10-27-17-7-18(29-11-16(17)21(22,23)24)30-19-12-26-14(8-25)9-28-19/h7,9,11-12,15H,2-6,10,13H2,1H3,(H2,27,28,29,30). The Balaban J connectivity index is 1.67. The first-order valence-electron chi connectivity index (χ1n) is 10.6. The van der Waals surface area contributed by atoms with E-state index in [0.717, 1.165) is 12.8 Å². The van der Waals surface area contributed by atoms with Crippen molar-refractivity contribution in [3.05, 3.63) is 35.9 Å². The van der Waals surface area contributed by atoms with E-state index < -0.39 is 23.9 Å². The van der Waals surface area contributed by atoms with E-state index in [9.17, 15) is 18.0 Å². The SMILES string of the molecule is CCCCOC(=O)N1CCOC(CNc2cc(Nc3cnc(C#N)cn3)ncc2C(F)(F)F)C1. The number of hydrogen-bond donors (Lipinski definition) is 2. The number of unbranched alkanes of at least 4 members (excludes halogenated alkanes) is 1. The van der Waals surface area contributed by atoms with Crippen LogP contribution in [0, 0.1) is 11.3 Å². The molecule has 1 atom stereocenters. The van der Waals surface area contributed by atoms with Crippen molar-refractivity contribution < 1.29 is 27.4 Å². The molecule has 1 saturated heterocycles. The molecule has 1 amide bonds. The van der Waals surface area contributed by atoms with Gasteiger partial charge in [0.25, 0.3) is 0 Å². The van der Waals surface area contributed by atoms with Gasteiger partial charge in [-0.1, -0.05) is 13.3 Å². The van der Waals surface area contributed by atoms with Gasteiger partial charge in [0.05, 0.1) is 49.5 Å². The number of alkyl halides is 3. The molecule has 0 aromatic carbocycles. The Bertz CT molecular complexity index is 1010. The quantitative estimate of drug-likeness (QED) is 0.547. The molecule has 0 radical (unpaired) electrons. The molecular weight excluding hydrogens is 455 g/mol. The lowest BCUT2D eigenvalue weighted by Gasteiger charge is -2.32. The fourth-order valence-electron chi connectivity index (χ4n) is 3.10. The molecule has 0 spiro atoms. The number of rotatable bonds is 8. The predicted octanol–water partition coefficient (Wildman–Crippen LogP) is 3.56. The Morgan fingerprint density at radius 3 is 2.76 bits per heavy atom. The van der Waals surface area contributed by atoms with Crippen LogP contribution in [0.2, 0.25) is 0 Å². The fraction of sp³-hybridized carbons (Fsp3) is 0.476. The summed E-state index contributed by atoms with van der Waals surface area (Å²) >= 11 is 0. The third kappa shape index (κ3) is 6.92. The molecule has 1 unspecified atom stereocenters. The fourth-order valence-corrected chi connectivity index (χ4v) is 3.10. The molecule has 0 bridgehead atoms. The van der Waals surface area contributed by atoms with Gasteiger partial charge >= 0.3 is 12.3 Å². The number of carbonyl (C=O) groups excluding carboxylic acids is 1. The van der Waals surface area contributed by atoms with E-state index in [0.29, 0.717) is 19.3 Å². The number of nitriles is 1.